The highest BCUT2D eigenvalue weighted by molar-refractivity contribution is 7.98. The predicted molar refractivity (Wildman–Crippen MR) is 129 cm³/mol. The molecule has 0 aliphatic rings. The molecule has 36 heavy (non-hydrogen) atoms. The fourth-order valence-corrected chi connectivity index (χ4v) is 3.48. The third-order valence-corrected chi connectivity index (χ3v) is 5.55. The fraction of sp³-hybridized carbons (Fsp3) is 0.550. The van der Waals surface area contributed by atoms with Gasteiger partial charge in [0.05, 0.1) is 18.8 Å². The van der Waals surface area contributed by atoms with Gasteiger partial charge in [0.1, 0.15) is 18.1 Å². The Morgan fingerprint density at radius 1 is 0.972 bits per heavy atom. The number of hydrogen-bond donors (Lipinski definition) is 8. The predicted octanol–water partition coefficient (Wildman–Crippen LogP) is -3.29. The standard InChI is InChI=1S/C20H32N8O7S/c1-36-5-4-12(26-17(31)11(21)6-10-8-24-9-25-10)18(32)28-14(7-16(23)30)19(33)27-13(20(34)35)2-3-15(22)29/h8-9,11-14H,2-7,21H2,1H3,(H2,22,29)(H2,23,30)(H,24,25)(H,26,31)(H,27,33)(H,28,32)(H,34,35). The van der Waals surface area contributed by atoms with Gasteiger partial charge in [0.2, 0.25) is 29.5 Å². The minimum atomic E-state index is -1.53. The molecule has 1 aromatic heterocycles. The molecule has 1 rings (SSSR count). The molecule has 0 spiro atoms. The Bertz CT molecular complexity index is 927. The van der Waals surface area contributed by atoms with Gasteiger partial charge < -0.3 is 43.2 Å². The highest BCUT2D eigenvalue weighted by Crippen LogP contribution is 2.06. The first-order valence-corrected chi connectivity index (χ1v) is 12.3. The van der Waals surface area contributed by atoms with Gasteiger partial charge in [0, 0.05) is 24.7 Å². The highest BCUT2D eigenvalue weighted by atomic mass is 32.2. The number of imidazole rings is 1. The van der Waals surface area contributed by atoms with Crippen LogP contribution >= 0.6 is 11.8 Å². The van der Waals surface area contributed by atoms with Gasteiger partial charge >= 0.3 is 5.97 Å². The van der Waals surface area contributed by atoms with Crippen molar-refractivity contribution < 1.29 is 33.9 Å². The quantitative estimate of drug-likeness (QED) is 0.0998. The number of nitrogens with zero attached hydrogens (tertiary/aromatic N) is 1. The van der Waals surface area contributed by atoms with Crippen LogP contribution in [0.2, 0.25) is 0 Å². The molecule has 1 heterocycles. The van der Waals surface area contributed by atoms with Crippen molar-refractivity contribution in [1.29, 1.82) is 0 Å². The molecular formula is C20H32N8O7S. The lowest BCUT2D eigenvalue weighted by molar-refractivity contribution is -0.142. The third-order valence-electron chi connectivity index (χ3n) is 4.91. The van der Waals surface area contributed by atoms with E-state index in [1.165, 1.54) is 24.3 Å². The maximum absolute atomic E-state index is 13.0. The van der Waals surface area contributed by atoms with Gasteiger partial charge in [0.25, 0.3) is 0 Å². The molecule has 15 nitrogen and oxygen atoms in total. The van der Waals surface area contributed by atoms with Crippen LogP contribution in [-0.4, -0.2) is 86.8 Å². The van der Waals surface area contributed by atoms with Gasteiger partial charge in [-0.05, 0) is 24.9 Å². The van der Waals surface area contributed by atoms with Crippen molar-refractivity contribution in [3.05, 3.63) is 18.2 Å². The van der Waals surface area contributed by atoms with Crippen molar-refractivity contribution in [2.24, 2.45) is 17.2 Å². The van der Waals surface area contributed by atoms with Crippen molar-refractivity contribution >= 4 is 47.3 Å². The molecule has 1 aromatic rings. The molecule has 11 N–H and O–H groups in total. The molecule has 4 unspecified atom stereocenters. The van der Waals surface area contributed by atoms with Crippen molar-refractivity contribution in [3.63, 3.8) is 0 Å². The second-order valence-corrected chi connectivity index (χ2v) is 8.85. The molecule has 16 heteroatoms. The monoisotopic (exact) mass is 528 g/mol. The average Bonchev–Trinajstić information content (AvgIpc) is 3.30. The van der Waals surface area contributed by atoms with Crippen LogP contribution in [0.15, 0.2) is 12.5 Å². The van der Waals surface area contributed by atoms with Crippen molar-refractivity contribution in [2.75, 3.05) is 12.0 Å². The molecule has 0 saturated carbocycles. The van der Waals surface area contributed by atoms with Gasteiger partial charge in [0.15, 0.2) is 0 Å². The van der Waals surface area contributed by atoms with E-state index in [4.69, 9.17) is 17.2 Å². The van der Waals surface area contributed by atoms with Crippen molar-refractivity contribution in [1.82, 2.24) is 25.9 Å². The molecule has 200 valence electrons. The maximum Gasteiger partial charge on any atom is 0.326 e. The SMILES string of the molecule is CSCCC(NC(=O)C(N)Cc1cnc[nH]1)C(=O)NC(CC(N)=O)C(=O)NC(CCC(N)=O)C(=O)O. The van der Waals surface area contributed by atoms with Crippen molar-refractivity contribution in [3.8, 4) is 0 Å². The number of carbonyl (C=O) groups excluding carboxylic acids is 5. The number of aromatic nitrogens is 2. The Morgan fingerprint density at radius 2 is 1.58 bits per heavy atom. The lowest BCUT2D eigenvalue weighted by Crippen LogP contribution is -2.58. The van der Waals surface area contributed by atoms with Crippen LogP contribution in [0.1, 0.15) is 31.4 Å². The van der Waals surface area contributed by atoms with Gasteiger partial charge in [-0.1, -0.05) is 0 Å². The normalized spacial score (nSPS) is 14.1. The van der Waals surface area contributed by atoms with Gasteiger partial charge in [-0.2, -0.15) is 11.8 Å². The average molecular weight is 529 g/mol. The van der Waals surface area contributed by atoms with E-state index < -0.39 is 66.1 Å². The Kier molecular flexibility index (Phi) is 13.0. The topological polar surface area (TPSA) is 265 Å². The van der Waals surface area contributed by atoms with E-state index in [9.17, 15) is 33.9 Å². The fourth-order valence-electron chi connectivity index (χ4n) is 3.01. The Hall–Kier alpha value is -3.66. The number of aliphatic carboxylic acids is 1. The smallest absolute Gasteiger partial charge is 0.326 e. The maximum atomic E-state index is 13.0. The molecule has 4 atom stereocenters. The summed E-state index contributed by atoms with van der Waals surface area (Å²) in [5.74, 6) is -5.11. The summed E-state index contributed by atoms with van der Waals surface area (Å²) in [5, 5.41) is 16.3. The molecular weight excluding hydrogens is 496 g/mol. The molecule has 0 saturated heterocycles. The minimum Gasteiger partial charge on any atom is -0.480 e. The van der Waals surface area contributed by atoms with Crippen LogP contribution in [-0.2, 0) is 35.2 Å². The Morgan fingerprint density at radius 3 is 2.11 bits per heavy atom. The summed E-state index contributed by atoms with van der Waals surface area (Å²) >= 11 is 1.41. The number of carboxylic acid groups (broad SMARTS) is 1. The number of aromatic amines is 1. The number of amides is 5. The van der Waals surface area contributed by atoms with Crippen molar-refractivity contribution in [2.45, 2.75) is 56.3 Å². The largest absolute Gasteiger partial charge is 0.480 e. The second-order valence-electron chi connectivity index (χ2n) is 7.87. The molecule has 0 aliphatic heterocycles. The molecule has 0 radical (unpaired) electrons. The summed E-state index contributed by atoms with van der Waals surface area (Å²) in [4.78, 5) is 78.8. The zero-order chi connectivity index (χ0) is 27.3. The number of rotatable bonds is 17. The zero-order valence-corrected chi connectivity index (χ0v) is 20.5. The number of thioether (sulfide) groups is 1. The summed E-state index contributed by atoms with van der Waals surface area (Å²) < 4.78 is 0. The summed E-state index contributed by atoms with van der Waals surface area (Å²) in [5.41, 5.74) is 16.8. The minimum absolute atomic E-state index is 0.136. The molecule has 5 amide bonds. The highest BCUT2D eigenvalue weighted by Gasteiger charge is 2.31. The van der Waals surface area contributed by atoms with E-state index >= 15 is 0 Å². The number of hydrogen-bond acceptors (Lipinski definition) is 9. The number of carbonyl (C=O) groups is 6. The van der Waals surface area contributed by atoms with E-state index in [0.29, 0.717) is 11.4 Å². The number of nitrogens with two attached hydrogens (primary N) is 3. The Labute approximate surface area is 211 Å². The lowest BCUT2D eigenvalue weighted by Gasteiger charge is -2.24. The Balaban J connectivity index is 2.93. The van der Waals surface area contributed by atoms with E-state index in [0.717, 1.165) is 0 Å². The summed E-state index contributed by atoms with van der Waals surface area (Å²) in [6.45, 7) is 0. The third kappa shape index (κ3) is 11.2. The van der Waals surface area contributed by atoms with Crippen LogP contribution in [0.5, 0.6) is 0 Å². The number of primary amides is 2. The lowest BCUT2D eigenvalue weighted by atomic mass is 10.1. The van der Waals surface area contributed by atoms with Crippen LogP contribution in [0, 0.1) is 0 Å². The van der Waals surface area contributed by atoms with Gasteiger partial charge in [-0.25, -0.2) is 9.78 Å². The van der Waals surface area contributed by atoms with Crippen LogP contribution in [0.3, 0.4) is 0 Å². The first-order chi connectivity index (χ1) is 16.9. The van der Waals surface area contributed by atoms with Gasteiger partial charge in [-0.3, -0.25) is 24.0 Å². The second kappa shape index (κ2) is 15.4. The first kappa shape index (κ1) is 30.4. The van der Waals surface area contributed by atoms with Crippen LogP contribution in [0.4, 0.5) is 0 Å². The molecule has 0 aromatic carbocycles. The summed E-state index contributed by atoms with van der Waals surface area (Å²) in [7, 11) is 0. The molecule has 0 bridgehead atoms. The number of nitrogens with one attached hydrogen (secondary N) is 4. The van der Waals surface area contributed by atoms with Crippen LogP contribution < -0.4 is 33.2 Å². The van der Waals surface area contributed by atoms with E-state index in [2.05, 4.69) is 25.9 Å². The first-order valence-electron chi connectivity index (χ1n) is 10.9. The van der Waals surface area contributed by atoms with Crippen LogP contribution in [0.25, 0.3) is 0 Å². The van der Waals surface area contributed by atoms with Gasteiger partial charge in [-0.15, -0.1) is 0 Å². The number of carboxylic acids is 1. The summed E-state index contributed by atoms with van der Waals surface area (Å²) in [6, 6.07) is -5.13. The van der Waals surface area contributed by atoms with E-state index in [1.54, 1.807) is 6.26 Å². The zero-order valence-electron chi connectivity index (χ0n) is 19.7. The number of H-pyrrole nitrogens is 1. The molecule has 0 aliphatic carbocycles. The molecule has 0 fully saturated rings. The van der Waals surface area contributed by atoms with E-state index in [-0.39, 0.29) is 25.7 Å². The summed E-state index contributed by atoms with van der Waals surface area (Å²) in [6.07, 6.45) is 3.80. The van der Waals surface area contributed by atoms with E-state index in [1.807, 2.05) is 0 Å².